The van der Waals surface area contributed by atoms with Gasteiger partial charge in [-0.1, -0.05) is 30.3 Å². The third-order valence-corrected chi connectivity index (χ3v) is 1.90. The first-order valence-corrected chi connectivity index (χ1v) is 5.35. The van der Waals surface area contributed by atoms with E-state index >= 15 is 0 Å². The predicted octanol–water partition coefficient (Wildman–Crippen LogP) is 1.19. The zero-order valence-corrected chi connectivity index (χ0v) is 9.64. The molecular formula is C12H15NO4. The molecule has 0 heterocycles. The van der Waals surface area contributed by atoms with E-state index in [1.54, 1.807) is 6.92 Å². The molecule has 0 aliphatic rings. The molecule has 5 heteroatoms. The molecule has 0 radical (unpaired) electrons. The predicted molar refractivity (Wildman–Crippen MR) is 60.6 cm³/mol. The van der Waals surface area contributed by atoms with Crippen LogP contribution in [0.2, 0.25) is 0 Å². The average molecular weight is 237 g/mol. The maximum Gasteiger partial charge on any atom is 0.351 e. The van der Waals surface area contributed by atoms with E-state index in [1.165, 1.54) is 0 Å². The molecule has 1 aromatic rings. The standard InChI is InChI=1S/C12H15NO4/c1-2-13-11(14)8-12(15)17-16-9-10-6-4-3-5-7-10/h3-7H,2,8-9H2,1H3,(H,13,14). The highest BCUT2D eigenvalue weighted by Crippen LogP contribution is 2.01. The minimum atomic E-state index is -0.702. The molecule has 0 saturated carbocycles. The number of amides is 1. The SMILES string of the molecule is CCNC(=O)CC(=O)OOCc1ccccc1. The molecule has 0 fully saturated rings. The first-order chi connectivity index (χ1) is 8.22. The van der Waals surface area contributed by atoms with Gasteiger partial charge in [0.2, 0.25) is 5.91 Å². The van der Waals surface area contributed by atoms with Crippen molar-refractivity contribution in [1.29, 1.82) is 0 Å². The Morgan fingerprint density at radius 2 is 1.94 bits per heavy atom. The second-order valence-corrected chi connectivity index (χ2v) is 3.33. The van der Waals surface area contributed by atoms with Crippen LogP contribution in [0.3, 0.4) is 0 Å². The number of nitrogens with one attached hydrogen (secondary N) is 1. The number of hydrogen-bond donors (Lipinski definition) is 1. The van der Waals surface area contributed by atoms with Crippen molar-refractivity contribution < 1.29 is 19.4 Å². The zero-order valence-electron chi connectivity index (χ0n) is 9.64. The van der Waals surface area contributed by atoms with E-state index in [0.29, 0.717) is 6.54 Å². The van der Waals surface area contributed by atoms with Crippen LogP contribution in [0.5, 0.6) is 0 Å². The van der Waals surface area contributed by atoms with Crippen LogP contribution < -0.4 is 5.32 Å². The van der Waals surface area contributed by atoms with Crippen molar-refractivity contribution in [3.8, 4) is 0 Å². The first kappa shape index (κ1) is 13.2. The van der Waals surface area contributed by atoms with Crippen molar-refractivity contribution in [1.82, 2.24) is 5.32 Å². The number of carbonyl (C=O) groups excluding carboxylic acids is 2. The van der Waals surface area contributed by atoms with E-state index in [-0.39, 0.29) is 18.9 Å². The van der Waals surface area contributed by atoms with Gasteiger partial charge in [0, 0.05) is 6.54 Å². The second-order valence-electron chi connectivity index (χ2n) is 3.33. The Bertz CT molecular complexity index is 364. The summed E-state index contributed by atoms with van der Waals surface area (Å²) in [6.07, 6.45) is -0.331. The Morgan fingerprint density at radius 3 is 2.59 bits per heavy atom. The molecule has 92 valence electrons. The van der Waals surface area contributed by atoms with Crippen molar-refractivity contribution >= 4 is 11.9 Å². The quantitative estimate of drug-likeness (QED) is 0.458. The number of hydrogen-bond acceptors (Lipinski definition) is 4. The van der Waals surface area contributed by atoms with Crippen molar-refractivity contribution in [2.45, 2.75) is 20.0 Å². The highest BCUT2D eigenvalue weighted by atomic mass is 17.2. The van der Waals surface area contributed by atoms with Gasteiger partial charge in [-0.2, -0.15) is 4.89 Å². The summed E-state index contributed by atoms with van der Waals surface area (Å²) in [6.45, 7) is 2.42. The molecular weight excluding hydrogens is 222 g/mol. The molecule has 1 amide bonds. The minimum absolute atomic E-state index is 0.169. The summed E-state index contributed by atoms with van der Waals surface area (Å²) in [7, 11) is 0. The van der Waals surface area contributed by atoms with Gasteiger partial charge in [0.1, 0.15) is 13.0 Å². The summed E-state index contributed by atoms with van der Waals surface area (Å²) in [4.78, 5) is 31.3. The fraction of sp³-hybridized carbons (Fsp3) is 0.333. The molecule has 0 aliphatic carbocycles. The summed E-state index contributed by atoms with van der Waals surface area (Å²) >= 11 is 0. The molecule has 0 aliphatic heterocycles. The monoisotopic (exact) mass is 237 g/mol. The lowest BCUT2D eigenvalue weighted by atomic mass is 10.2. The van der Waals surface area contributed by atoms with Crippen LogP contribution in [0, 0.1) is 0 Å². The lowest BCUT2D eigenvalue weighted by Crippen LogP contribution is -2.26. The average Bonchev–Trinajstić information content (AvgIpc) is 2.30. The van der Waals surface area contributed by atoms with Gasteiger partial charge in [-0.05, 0) is 12.5 Å². The summed E-state index contributed by atoms with van der Waals surface area (Å²) in [5.74, 6) is -1.08. The van der Waals surface area contributed by atoms with Crippen LogP contribution in [-0.2, 0) is 26.0 Å². The highest BCUT2D eigenvalue weighted by Gasteiger charge is 2.10. The molecule has 17 heavy (non-hydrogen) atoms. The van der Waals surface area contributed by atoms with E-state index in [0.717, 1.165) is 5.56 Å². The van der Waals surface area contributed by atoms with Crippen molar-refractivity contribution in [3.05, 3.63) is 35.9 Å². The largest absolute Gasteiger partial charge is 0.356 e. The maximum atomic E-state index is 11.1. The van der Waals surface area contributed by atoms with Gasteiger partial charge >= 0.3 is 5.97 Å². The van der Waals surface area contributed by atoms with E-state index in [1.807, 2.05) is 30.3 Å². The van der Waals surface area contributed by atoms with Gasteiger partial charge in [0.05, 0.1) is 0 Å². The van der Waals surface area contributed by atoms with Crippen LogP contribution in [0.1, 0.15) is 18.9 Å². The molecule has 0 saturated heterocycles. The topological polar surface area (TPSA) is 64.6 Å². The van der Waals surface area contributed by atoms with Gasteiger partial charge in [0.15, 0.2) is 0 Å². The fourth-order valence-corrected chi connectivity index (χ4v) is 1.16. The number of benzene rings is 1. The molecule has 0 atom stereocenters. The van der Waals surface area contributed by atoms with Crippen molar-refractivity contribution in [2.75, 3.05) is 6.54 Å². The van der Waals surface area contributed by atoms with Crippen LogP contribution in [0.25, 0.3) is 0 Å². The van der Waals surface area contributed by atoms with Crippen LogP contribution in [0.4, 0.5) is 0 Å². The maximum absolute atomic E-state index is 11.1. The lowest BCUT2D eigenvalue weighted by Gasteiger charge is -2.03. The molecule has 0 bridgehead atoms. The summed E-state index contributed by atoms with van der Waals surface area (Å²) in [5.41, 5.74) is 0.887. The van der Waals surface area contributed by atoms with Crippen LogP contribution in [-0.4, -0.2) is 18.4 Å². The Morgan fingerprint density at radius 1 is 1.24 bits per heavy atom. The highest BCUT2D eigenvalue weighted by molar-refractivity contribution is 5.93. The molecule has 0 aromatic heterocycles. The third kappa shape index (κ3) is 5.67. The van der Waals surface area contributed by atoms with Crippen LogP contribution >= 0.6 is 0 Å². The fourth-order valence-electron chi connectivity index (χ4n) is 1.16. The first-order valence-electron chi connectivity index (χ1n) is 5.35. The summed E-state index contributed by atoms with van der Waals surface area (Å²) < 4.78 is 0. The van der Waals surface area contributed by atoms with Crippen molar-refractivity contribution in [3.63, 3.8) is 0 Å². The Hall–Kier alpha value is -1.88. The Balaban J connectivity index is 2.18. The molecule has 1 N–H and O–H groups in total. The molecule has 1 rings (SSSR count). The smallest absolute Gasteiger partial charge is 0.351 e. The van der Waals surface area contributed by atoms with Gasteiger partial charge in [-0.3, -0.25) is 9.68 Å². The summed E-state index contributed by atoms with van der Waals surface area (Å²) in [5, 5.41) is 2.49. The van der Waals surface area contributed by atoms with E-state index < -0.39 is 5.97 Å². The van der Waals surface area contributed by atoms with E-state index in [2.05, 4.69) is 10.2 Å². The Labute approximate surface area is 99.7 Å². The lowest BCUT2D eigenvalue weighted by molar-refractivity contribution is -0.279. The van der Waals surface area contributed by atoms with Gasteiger partial charge in [-0.25, -0.2) is 4.79 Å². The number of carbonyl (C=O) groups is 2. The third-order valence-electron chi connectivity index (χ3n) is 1.90. The van der Waals surface area contributed by atoms with Gasteiger partial charge in [0.25, 0.3) is 0 Å². The zero-order chi connectivity index (χ0) is 12.5. The van der Waals surface area contributed by atoms with Gasteiger partial charge in [-0.15, -0.1) is 0 Å². The normalized spacial score (nSPS) is 9.71. The van der Waals surface area contributed by atoms with Crippen LogP contribution in [0.15, 0.2) is 30.3 Å². The van der Waals surface area contributed by atoms with Gasteiger partial charge < -0.3 is 5.32 Å². The number of rotatable bonds is 6. The summed E-state index contributed by atoms with van der Waals surface area (Å²) in [6, 6.07) is 9.28. The van der Waals surface area contributed by atoms with E-state index in [4.69, 9.17) is 4.89 Å². The van der Waals surface area contributed by atoms with E-state index in [9.17, 15) is 9.59 Å². The molecule has 5 nitrogen and oxygen atoms in total. The van der Waals surface area contributed by atoms with Crippen molar-refractivity contribution in [2.24, 2.45) is 0 Å². The molecule has 0 spiro atoms. The minimum Gasteiger partial charge on any atom is -0.356 e. The Kier molecular flexibility index (Phi) is 5.74. The molecule has 0 unspecified atom stereocenters. The second kappa shape index (κ2) is 7.40. The molecule has 1 aromatic carbocycles.